The monoisotopic (exact) mass is 582 g/mol. The molecule has 4 unspecified atom stereocenters. The average Bonchev–Trinajstić information content (AvgIpc) is 2.94. The lowest BCUT2D eigenvalue weighted by molar-refractivity contribution is -0.345. The first-order valence-corrected chi connectivity index (χ1v) is 17.8. The molecule has 0 aromatic carbocycles. The molecule has 0 amide bonds. The Kier molecular flexibility index (Phi) is 6.67. The number of rotatable bonds is 6. The van der Waals surface area contributed by atoms with Gasteiger partial charge in [-0.05, 0) is 165 Å². The Hall–Kier alpha value is -1.10. The molecule has 0 aromatic rings. The first-order valence-electron chi connectivity index (χ1n) is 17.8. The predicted molar refractivity (Wildman–Crippen MR) is 162 cm³/mol. The second-order valence-electron chi connectivity index (χ2n) is 18.2. The summed E-state index contributed by atoms with van der Waals surface area (Å²) in [5.74, 6) is 6.10. The second-order valence-corrected chi connectivity index (χ2v) is 18.2. The van der Waals surface area contributed by atoms with E-state index in [0.717, 1.165) is 37.5 Å². The van der Waals surface area contributed by atoms with Gasteiger partial charge in [0.25, 0.3) is 0 Å². The summed E-state index contributed by atoms with van der Waals surface area (Å²) in [7, 11) is 0. The average molecular weight is 583 g/mol. The van der Waals surface area contributed by atoms with Crippen molar-refractivity contribution in [3.05, 3.63) is 0 Å². The highest BCUT2D eigenvalue weighted by Gasteiger charge is 2.76. The summed E-state index contributed by atoms with van der Waals surface area (Å²) in [6.45, 7) is 14.4. The molecule has 1 N–H and O–H groups in total. The van der Waals surface area contributed by atoms with Crippen LogP contribution in [0.1, 0.15) is 132 Å². The van der Waals surface area contributed by atoms with Crippen LogP contribution in [0.2, 0.25) is 0 Å². The minimum atomic E-state index is -0.427. The SMILES string of the molecule is CCC(C)(C)C(=O)OC1(C)C2CC3CC(C2)CC1C3.CCC(C)(C)C(=O)OC12CC3CC4C1CC1CC2C(C3)C4(O)C1. The number of esters is 2. The number of carbonyl (C=O) groups is 2. The Balaban J connectivity index is 0.000000140. The van der Waals surface area contributed by atoms with Crippen LogP contribution in [0.5, 0.6) is 0 Å². The smallest absolute Gasteiger partial charge is 0.312 e. The van der Waals surface area contributed by atoms with Crippen molar-refractivity contribution in [2.45, 2.75) is 149 Å². The van der Waals surface area contributed by atoms with Gasteiger partial charge in [-0.3, -0.25) is 9.59 Å². The summed E-state index contributed by atoms with van der Waals surface area (Å²) in [4.78, 5) is 25.4. The van der Waals surface area contributed by atoms with Crippen molar-refractivity contribution in [1.29, 1.82) is 0 Å². The number of ether oxygens (including phenoxy) is 2. The maximum Gasteiger partial charge on any atom is 0.312 e. The van der Waals surface area contributed by atoms with Crippen molar-refractivity contribution in [2.24, 2.45) is 70.0 Å². The topological polar surface area (TPSA) is 72.8 Å². The molecular formula is C37H58O5. The van der Waals surface area contributed by atoms with Crippen LogP contribution >= 0.6 is 0 Å². The van der Waals surface area contributed by atoms with Gasteiger partial charge < -0.3 is 14.6 Å². The number of aliphatic hydroxyl groups is 1. The highest BCUT2D eigenvalue weighted by molar-refractivity contribution is 5.77. The fourth-order valence-electron chi connectivity index (χ4n) is 12.3. The molecule has 0 aliphatic heterocycles. The van der Waals surface area contributed by atoms with Crippen LogP contribution in [0, 0.1) is 70.0 Å². The van der Waals surface area contributed by atoms with Gasteiger partial charge in [0.2, 0.25) is 0 Å². The second kappa shape index (κ2) is 9.46. The highest BCUT2D eigenvalue weighted by atomic mass is 16.6. The molecule has 0 aromatic heterocycles. The van der Waals surface area contributed by atoms with Crippen molar-refractivity contribution < 1.29 is 24.2 Å². The van der Waals surface area contributed by atoms with E-state index >= 15 is 0 Å². The van der Waals surface area contributed by atoms with Crippen LogP contribution in [0.4, 0.5) is 0 Å². The maximum atomic E-state index is 12.9. The summed E-state index contributed by atoms with van der Waals surface area (Å²) in [6.07, 6.45) is 15.1. The standard InChI is InChI=1S/C20H30O3.C17H28O2/c1-4-18(2,3)17(21)23-20-10-12-5-13-15(20)7-11-8-16(20)14(6-12)19(13,22)9-11;1-5-16(2,3)15(18)19-17(4)13-7-11-6-12(9-13)10-14(17)8-11/h11-16,22H,4-10H2,1-3H3;11-14H,5-10H2,1-4H3. The lowest BCUT2D eigenvalue weighted by Gasteiger charge is -2.75. The van der Waals surface area contributed by atoms with Crippen LogP contribution in [-0.2, 0) is 19.1 Å². The molecule has 5 heteroatoms. The van der Waals surface area contributed by atoms with E-state index in [-0.39, 0.29) is 28.6 Å². The van der Waals surface area contributed by atoms with Crippen LogP contribution in [0.15, 0.2) is 0 Å². The molecule has 11 aliphatic rings. The Morgan fingerprint density at radius 2 is 1.07 bits per heavy atom. The van der Waals surface area contributed by atoms with Crippen LogP contribution < -0.4 is 0 Å². The molecule has 42 heavy (non-hydrogen) atoms. The molecule has 11 saturated carbocycles. The number of hydrogen-bond acceptors (Lipinski definition) is 5. The first-order chi connectivity index (χ1) is 19.6. The molecular weight excluding hydrogens is 524 g/mol. The van der Waals surface area contributed by atoms with E-state index in [0.29, 0.717) is 47.3 Å². The predicted octanol–water partition coefficient (Wildman–Crippen LogP) is 7.72. The zero-order valence-electron chi connectivity index (χ0n) is 27.5. The van der Waals surface area contributed by atoms with Crippen molar-refractivity contribution >= 4 is 11.9 Å². The molecule has 5 nitrogen and oxygen atoms in total. The van der Waals surface area contributed by atoms with Gasteiger partial charge in [-0.25, -0.2) is 0 Å². The van der Waals surface area contributed by atoms with Crippen LogP contribution in [0.25, 0.3) is 0 Å². The molecule has 4 atom stereocenters. The van der Waals surface area contributed by atoms with E-state index < -0.39 is 11.0 Å². The number of carbonyl (C=O) groups excluding carboxylic acids is 2. The van der Waals surface area contributed by atoms with Crippen LogP contribution in [0.3, 0.4) is 0 Å². The molecule has 236 valence electrons. The summed E-state index contributed by atoms with van der Waals surface area (Å²) >= 11 is 0. The Labute approximate surface area is 254 Å². The maximum absolute atomic E-state index is 12.9. The van der Waals surface area contributed by atoms with Gasteiger partial charge in [-0.15, -0.1) is 0 Å². The third-order valence-corrected chi connectivity index (χ3v) is 15.3. The highest BCUT2D eigenvalue weighted by Crippen LogP contribution is 2.75. The van der Waals surface area contributed by atoms with E-state index in [4.69, 9.17) is 9.47 Å². The Morgan fingerprint density at radius 1 is 0.643 bits per heavy atom. The van der Waals surface area contributed by atoms with Crippen molar-refractivity contribution in [3.63, 3.8) is 0 Å². The Bertz CT molecular complexity index is 1070. The van der Waals surface area contributed by atoms with Gasteiger partial charge in [0, 0.05) is 11.8 Å². The van der Waals surface area contributed by atoms with Gasteiger partial charge >= 0.3 is 11.9 Å². The van der Waals surface area contributed by atoms with E-state index in [1.54, 1.807) is 0 Å². The van der Waals surface area contributed by atoms with Gasteiger partial charge in [0.1, 0.15) is 11.2 Å². The summed E-state index contributed by atoms with van der Waals surface area (Å²) in [6, 6.07) is 0. The lowest BCUT2D eigenvalue weighted by atomic mass is 9.32. The molecule has 0 radical (unpaired) electrons. The van der Waals surface area contributed by atoms with Crippen molar-refractivity contribution in [2.75, 3.05) is 0 Å². The summed E-state index contributed by atoms with van der Waals surface area (Å²) < 4.78 is 12.6. The Morgan fingerprint density at radius 3 is 1.55 bits per heavy atom. The first kappa shape index (κ1) is 29.6. The van der Waals surface area contributed by atoms with Gasteiger partial charge in [0.05, 0.1) is 16.4 Å². The number of hydrogen-bond donors (Lipinski definition) is 1. The minimum Gasteiger partial charge on any atom is -0.458 e. The van der Waals surface area contributed by atoms with Crippen LogP contribution in [-0.4, -0.2) is 33.8 Å². The largest absolute Gasteiger partial charge is 0.458 e. The quantitative estimate of drug-likeness (QED) is 0.325. The van der Waals surface area contributed by atoms with E-state index in [2.05, 4.69) is 20.8 Å². The third-order valence-electron chi connectivity index (χ3n) is 15.3. The molecule has 11 aliphatic carbocycles. The van der Waals surface area contributed by atoms with E-state index in [1.165, 1.54) is 57.8 Å². The summed E-state index contributed by atoms with van der Waals surface area (Å²) in [5.41, 5.74) is -1.56. The molecule has 11 fully saturated rings. The zero-order chi connectivity index (χ0) is 30.0. The molecule has 12 bridgehead atoms. The minimum absolute atomic E-state index is 0.000451. The molecule has 11 rings (SSSR count). The molecule has 0 heterocycles. The zero-order valence-corrected chi connectivity index (χ0v) is 27.5. The normalized spacial score (nSPS) is 50.5. The fraction of sp³-hybridized carbons (Fsp3) is 0.946. The van der Waals surface area contributed by atoms with Gasteiger partial charge in [-0.2, -0.15) is 0 Å². The fourth-order valence-corrected chi connectivity index (χ4v) is 12.3. The van der Waals surface area contributed by atoms with Gasteiger partial charge in [0.15, 0.2) is 0 Å². The third kappa shape index (κ3) is 4.09. The van der Waals surface area contributed by atoms with Crippen molar-refractivity contribution in [3.8, 4) is 0 Å². The van der Waals surface area contributed by atoms with Gasteiger partial charge in [-0.1, -0.05) is 13.8 Å². The molecule has 0 spiro atoms. The van der Waals surface area contributed by atoms with Crippen molar-refractivity contribution in [1.82, 2.24) is 0 Å². The summed E-state index contributed by atoms with van der Waals surface area (Å²) in [5, 5.41) is 11.4. The molecule has 0 saturated heterocycles. The van der Waals surface area contributed by atoms with E-state index in [1.807, 2.05) is 27.7 Å². The van der Waals surface area contributed by atoms with E-state index in [9.17, 15) is 14.7 Å². The lowest BCUT2D eigenvalue weighted by Crippen LogP contribution is -2.78.